The molecule has 1 aliphatic heterocycles. The molecule has 0 saturated carbocycles. The third-order valence-corrected chi connectivity index (χ3v) is 5.84. The molecule has 1 aliphatic rings. The Morgan fingerprint density at radius 2 is 1.78 bits per heavy atom. The number of hydrogen-bond donors (Lipinski definition) is 0. The van der Waals surface area contributed by atoms with Crippen LogP contribution in [-0.4, -0.2) is 51.9 Å². The Morgan fingerprint density at radius 1 is 0.969 bits per heavy atom. The summed E-state index contributed by atoms with van der Waals surface area (Å²) in [6, 6.07) is 15.5. The van der Waals surface area contributed by atoms with Crippen LogP contribution in [0.2, 0.25) is 5.02 Å². The number of piperazine rings is 1. The van der Waals surface area contributed by atoms with Gasteiger partial charge in [-0.1, -0.05) is 23.7 Å². The summed E-state index contributed by atoms with van der Waals surface area (Å²) in [6.45, 7) is 2.23. The van der Waals surface area contributed by atoms with Crippen LogP contribution in [0, 0.1) is 5.82 Å². The van der Waals surface area contributed by atoms with Crippen LogP contribution in [0.4, 0.5) is 10.2 Å². The summed E-state index contributed by atoms with van der Waals surface area (Å²) >= 11 is 6.09. The predicted octanol–water partition coefficient (Wildman–Crippen LogP) is 4.45. The topological polar surface area (TPSA) is 62.2 Å². The summed E-state index contributed by atoms with van der Waals surface area (Å²) < 4.78 is 13.3. The molecule has 0 atom stereocenters. The minimum atomic E-state index is -0.462. The number of pyridine rings is 1. The van der Waals surface area contributed by atoms with E-state index in [1.54, 1.807) is 17.3 Å². The number of carbonyl (C=O) groups excluding carboxylic acids is 1. The molecule has 4 aromatic rings. The van der Waals surface area contributed by atoms with E-state index in [0.29, 0.717) is 37.6 Å². The van der Waals surface area contributed by atoms with Crippen LogP contribution in [0.25, 0.3) is 22.3 Å². The second-order valence-corrected chi connectivity index (χ2v) is 7.94. The minimum Gasteiger partial charge on any atom is -0.352 e. The fourth-order valence-corrected chi connectivity index (χ4v) is 4.13. The van der Waals surface area contributed by atoms with Gasteiger partial charge in [-0.2, -0.15) is 0 Å². The first-order valence-electron chi connectivity index (χ1n) is 10.3. The van der Waals surface area contributed by atoms with Crippen molar-refractivity contribution in [1.82, 2.24) is 19.9 Å². The molecular weight excluding hydrogens is 429 g/mol. The van der Waals surface area contributed by atoms with Crippen LogP contribution in [0.5, 0.6) is 0 Å². The van der Waals surface area contributed by atoms with Gasteiger partial charge >= 0.3 is 0 Å². The van der Waals surface area contributed by atoms with Crippen LogP contribution >= 0.6 is 11.6 Å². The zero-order valence-corrected chi connectivity index (χ0v) is 17.8. The number of nitrogens with zero attached hydrogens (tertiary/aromatic N) is 5. The van der Waals surface area contributed by atoms with Gasteiger partial charge in [-0.15, -0.1) is 0 Å². The number of anilines is 1. The summed E-state index contributed by atoms with van der Waals surface area (Å²) in [5.74, 6) is 0.791. The van der Waals surface area contributed by atoms with Crippen molar-refractivity contribution in [2.24, 2.45) is 0 Å². The number of para-hydroxylation sites is 1. The van der Waals surface area contributed by atoms with Crippen LogP contribution in [0.1, 0.15) is 10.4 Å². The van der Waals surface area contributed by atoms with E-state index in [-0.39, 0.29) is 10.9 Å². The monoisotopic (exact) mass is 447 g/mol. The van der Waals surface area contributed by atoms with Crippen molar-refractivity contribution in [2.75, 3.05) is 31.1 Å². The summed E-state index contributed by atoms with van der Waals surface area (Å²) in [5.41, 5.74) is 2.01. The SMILES string of the molecule is O=C(c1ccc(F)cc1Cl)N1CCN(c2nc(-c3cccnc3)nc3ccccc23)CC1. The van der Waals surface area contributed by atoms with Crippen molar-refractivity contribution in [3.05, 3.63) is 83.4 Å². The van der Waals surface area contributed by atoms with Gasteiger partial charge in [0.25, 0.3) is 5.91 Å². The van der Waals surface area contributed by atoms with E-state index in [9.17, 15) is 9.18 Å². The predicted molar refractivity (Wildman–Crippen MR) is 122 cm³/mol. The molecule has 3 heterocycles. The fourth-order valence-electron chi connectivity index (χ4n) is 3.88. The molecule has 0 aliphatic carbocycles. The number of amides is 1. The maximum absolute atomic E-state index is 13.3. The summed E-state index contributed by atoms with van der Waals surface area (Å²) in [7, 11) is 0. The Hall–Kier alpha value is -3.58. The number of benzene rings is 2. The summed E-state index contributed by atoms with van der Waals surface area (Å²) in [6.07, 6.45) is 3.46. The Morgan fingerprint density at radius 3 is 2.53 bits per heavy atom. The van der Waals surface area contributed by atoms with E-state index in [2.05, 4.69) is 9.88 Å². The number of hydrogen-bond acceptors (Lipinski definition) is 5. The highest BCUT2D eigenvalue weighted by Crippen LogP contribution is 2.28. The van der Waals surface area contributed by atoms with Crippen molar-refractivity contribution in [3.63, 3.8) is 0 Å². The molecule has 0 bridgehead atoms. The molecule has 1 fully saturated rings. The highest BCUT2D eigenvalue weighted by molar-refractivity contribution is 6.33. The van der Waals surface area contributed by atoms with Gasteiger partial charge in [0.15, 0.2) is 5.82 Å². The molecule has 0 radical (unpaired) electrons. The van der Waals surface area contributed by atoms with E-state index in [4.69, 9.17) is 21.6 Å². The Balaban J connectivity index is 1.42. The molecule has 0 spiro atoms. The second-order valence-electron chi connectivity index (χ2n) is 7.53. The number of halogens is 2. The second kappa shape index (κ2) is 8.51. The molecule has 6 nitrogen and oxygen atoms in total. The van der Waals surface area contributed by atoms with Gasteiger partial charge in [0.1, 0.15) is 11.6 Å². The van der Waals surface area contributed by atoms with Crippen LogP contribution in [-0.2, 0) is 0 Å². The summed E-state index contributed by atoms with van der Waals surface area (Å²) in [4.78, 5) is 30.5. The van der Waals surface area contributed by atoms with Crippen LogP contribution in [0.15, 0.2) is 67.0 Å². The Bertz CT molecular complexity index is 1290. The minimum absolute atomic E-state index is 0.125. The van der Waals surface area contributed by atoms with Crippen molar-refractivity contribution < 1.29 is 9.18 Å². The molecular formula is C24H19ClFN5O. The van der Waals surface area contributed by atoms with Gasteiger partial charge in [-0.25, -0.2) is 14.4 Å². The quantitative estimate of drug-likeness (QED) is 0.464. The molecule has 1 saturated heterocycles. The molecule has 32 heavy (non-hydrogen) atoms. The molecule has 160 valence electrons. The van der Waals surface area contributed by atoms with Crippen molar-refractivity contribution >= 4 is 34.2 Å². The van der Waals surface area contributed by atoms with Gasteiger partial charge in [0, 0.05) is 49.5 Å². The van der Waals surface area contributed by atoms with Crippen molar-refractivity contribution in [3.8, 4) is 11.4 Å². The first kappa shape index (κ1) is 20.3. The maximum atomic E-state index is 13.3. The van der Waals surface area contributed by atoms with Gasteiger partial charge in [-0.3, -0.25) is 9.78 Å². The van der Waals surface area contributed by atoms with Gasteiger partial charge < -0.3 is 9.80 Å². The lowest BCUT2D eigenvalue weighted by molar-refractivity contribution is 0.0746. The Kier molecular flexibility index (Phi) is 5.41. The normalized spacial score (nSPS) is 14.1. The number of carbonyl (C=O) groups is 1. The van der Waals surface area contributed by atoms with Crippen molar-refractivity contribution in [1.29, 1.82) is 0 Å². The molecule has 8 heteroatoms. The fraction of sp³-hybridized carbons (Fsp3) is 0.167. The number of fused-ring (bicyclic) bond motifs is 1. The van der Waals surface area contributed by atoms with E-state index >= 15 is 0 Å². The molecule has 5 rings (SSSR count). The average Bonchev–Trinajstić information content (AvgIpc) is 2.84. The molecule has 2 aromatic heterocycles. The smallest absolute Gasteiger partial charge is 0.255 e. The van der Waals surface area contributed by atoms with E-state index in [1.807, 2.05) is 36.4 Å². The Labute approximate surface area is 189 Å². The highest BCUT2D eigenvalue weighted by Gasteiger charge is 2.26. The van der Waals surface area contributed by atoms with Crippen LogP contribution in [0.3, 0.4) is 0 Å². The first-order valence-corrected chi connectivity index (χ1v) is 10.6. The summed E-state index contributed by atoms with van der Waals surface area (Å²) in [5, 5.41) is 1.09. The van der Waals surface area contributed by atoms with E-state index in [0.717, 1.165) is 28.4 Å². The molecule has 1 amide bonds. The van der Waals surface area contributed by atoms with E-state index < -0.39 is 5.82 Å². The van der Waals surface area contributed by atoms with Crippen molar-refractivity contribution in [2.45, 2.75) is 0 Å². The van der Waals surface area contributed by atoms with Gasteiger partial charge in [0.05, 0.1) is 16.1 Å². The maximum Gasteiger partial charge on any atom is 0.255 e. The van der Waals surface area contributed by atoms with Crippen LogP contribution < -0.4 is 4.90 Å². The lowest BCUT2D eigenvalue weighted by Gasteiger charge is -2.36. The van der Waals surface area contributed by atoms with Gasteiger partial charge in [0.2, 0.25) is 0 Å². The molecule has 2 aromatic carbocycles. The lowest BCUT2D eigenvalue weighted by Crippen LogP contribution is -2.49. The number of aromatic nitrogens is 3. The lowest BCUT2D eigenvalue weighted by atomic mass is 10.1. The zero-order valence-electron chi connectivity index (χ0n) is 17.1. The number of rotatable bonds is 3. The molecule has 0 unspecified atom stereocenters. The molecule has 0 N–H and O–H groups in total. The van der Waals surface area contributed by atoms with E-state index in [1.165, 1.54) is 12.1 Å². The largest absolute Gasteiger partial charge is 0.352 e. The highest BCUT2D eigenvalue weighted by atomic mass is 35.5. The van der Waals surface area contributed by atoms with Gasteiger partial charge in [-0.05, 0) is 42.5 Å². The third kappa shape index (κ3) is 3.87. The third-order valence-electron chi connectivity index (χ3n) is 5.53. The average molecular weight is 448 g/mol. The zero-order chi connectivity index (χ0) is 22.1. The standard InChI is InChI=1S/C24H19ClFN5O/c25-20-14-17(26)7-8-18(20)24(32)31-12-10-30(11-13-31)23-19-5-1-2-6-21(19)28-22(29-23)16-4-3-9-27-15-16/h1-9,14-15H,10-13H2. The first-order chi connectivity index (χ1) is 15.6.